The van der Waals surface area contributed by atoms with Crippen molar-refractivity contribution in [1.82, 2.24) is 5.32 Å². The standard InChI is InChI=1S/C19H24F3NO3/c1-2-3-4-5-6-7-8-16(18(25)26)23-17(24)13-14-9-11-15(12-10-14)19(20,21)22/h2,9-12,16H,1,3-8,13H2,(H,23,24)(H,25,26)/t16-/m0/s1. The van der Waals surface area contributed by atoms with Crippen LogP contribution >= 0.6 is 0 Å². The van der Waals surface area contributed by atoms with E-state index in [2.05, 4.69) is 11.9 Å². The number of hydrogen-bond donors (Lipinski definition) is 2. The van der Waals surface area contributed by atoms with Gasteiger partial charge in [-0.15, -0.1) is 6.58 Å². The van der Waals surface area contributed by atoms with Crippen LogP contribution in [0.5, 0.6) is 0 Å². The Bertz CT molecular complexity index is 597. The van der Waals surface area contributed by atoms with E-state index in [9.17, 15) is 27.9 Å². The number of carbonyl (C=O) groups excluding carboxylic acids is 1. The van der Waals surface area contributed by atoms with E-state index in [-0.39, 0.29) is 6.42 Å². The molecule has 4 nitrogen and oxygen atoms in total. The minimum atomic E-state index is -4.43. The lowest BCUT2D eigenvalue weighted by atomic mass is 10.0. The lowest BCUT2D eigenvalue weighted by Gasteiger charge is -2.14. The molecule has 1 atom stereocenters. The van der Waals surface area contributed by atoms with Crippen LogP contribution < -0.4 is 5.32 Å². The molecule has 1 aromatic carbocycles. The van der Waals surface area contributed by atoms with Crippen molar-refractivity contribution in [3.63, 3.8) is 0 Å². The molecule has 0 radical (unpaired) electrons. The lowest BCUT2D eigenvalue weighted by Crippen LogP contribution is -2.41. The number of nitrogens with one attached hydrogen (secondary N) is 1. The molecule has 0 aliphatic carbocycles. The Morgan fingerprint density at radius 3 is 2.27 bits per heavy atom. The smallest absolute Gasteiger partial charge is 0.416 e. The fourth-order valence-corrected chi connectivity index (χ4v) is 2.49. The number of carbonyl (C=O) groups is 2. The van der Waals surface area contributed by atoms with E-state index in [0.29, 0.717) is 18.4 Å². The number of carboxylic acids is 1. The van der Waals surface area contributed by atoms with Gasteiger partial charge in [0.05, 0.1) is 12.0 Å². The molecule has 2 N–H and O–H groups in total. The minimum absolute atomic E-state index is 0.165. The highest BCUT2D eigenvalue weighted by molar-refractivity contribution is 5.84. The number of allylic oxidation sites excluding steroid dienone is 1. The summed E-state index contributed by atoms with van der Waals surface area (Å²) in [5.74, 6) is -1.64. The number of carboxylic acid groups (broad SMARTS) is 1. The highest BCUT2D eigenvalue weighted by Crippen LogP contribution is 2.29. The van der Waals surface area contributed by atoms with Crippen LogP contribution in [-0.2, 0) is 22.2 Å². The van der Waals surface area contributed by atoms with Crippen LogP contribution in [-0.4, -0.2) is 23.0 Å². The highest BCUT2D eigenvalue weighted by atomic mass is 19.4. The van der Waals surface area contributed by atoms with Crippen LogP contribution in [0.2, 0.25) is 0 Å². The summed E-state index contributed by atoms with van der Waals surface area (Å²) >= 11 is 0. The topological polar surface area (TPSA) is 66.4 Å². The number of rotatable bonds is 11. The molecule has 1 aromatic rings. The zero-order valence-corrected chi connectivity index (χ0v) is 14.5. The van der Waals surface area contributed by atoms with Gasteiger partial charge >= 0.3 is 12.1 Å². The second kappa shape index (κ2) is 10.6. The Balaban J connectivity index is 2.46. The summed E-state index contributed by atoms with van der Waals surface area (Å²) in [5, 5.41) is 11.6. The third kappa shape index (κ3) is 8.18. The third-order valence-electron chi connectivity index (χ3n) is 3.93. The van der Waals surface area contributed by atoms with E-state index >= 15 is 0 Å². The molecule has 0 aromatic heterocycles. The fraction of sp³-hybridized carbons (Fsp3) is 0.474. The van der Waals surface area contributed by atoms with Gasteiger partial charge in [-0.3, -0.25) is 4.79 Å². The first-order valence-corrected chi connectivity index (χ1v) is 8.53. The maximum atomic E-state index is 12.5. The molecular formula is C19H24F3NO3. The van der Waals surface area contributed by atoms with Crippen LogP contribution in [0.3, 0.4) is 0 Å². The van der Waals surface area contributed by atoms with E-state index in [1.54, 1.807) is 0 Å². The molecule has 1 amide bonds. The summed E-state index contributed by atoms with van der Waals surface area (Å²) in [6, 6.07) is 3.26. The van der Waals surface area contributed by atoms with Crippen molar-refractivity contribution in [2.24, 2.45) is 0 Å². The zero-order valence-electron chi connectivity index (χ0n) is 14.5. The summed E-state index contributed by atoms with van der Waals surface area (Å²) in [7, 11) is 0. The first-order valence-electron chi connectivity index (χ1n) is 8.53. The fourth-order valence-electron chi connectivity index (χ4n) is 2.49. The Morgan fingerprint density at radius 2 is 1.73 bits per heavy atom. The average Bonchev–Trinajstić information content (AvgIpc) is 2.56. The van der Waals surface area contributed by atoms with Crippen LogP contribution in [0.4, 0.5) is 13.2 Å². The van der Waals surface area contributed by atoms with Gasteiger partial charge in [0.2, 0.25) is 5.91 Å². The van der Waals surface area contributed by atoms with E-state index in [1.807, 2.05) is 6.08 Å². The van der Waals surface area contributed by atoms with Crippen molar-refractivity contribution in [1.29, 1.82) is 0 Å². The number of benzene rings is 1. The second-order valence-corrected chi connectivity index (χ2v) is 6.11. The van der Waals surface area contributed by atoms with Gasteiger partial charge in [0.15, 0.2) is 0 Å². The summed E-state index contributed by atoms with van der Waals surface area (Å²) in [4.78, 5) is 23.2. The van der Waals surface area contributed by atoms with Gasteiger partial charge in [-0.05, 0) is 37.0 Å². The van der Waals surface area contributed by atoms with E-state index in [1.165, 1.54) is 12.1 Å². The maximum absolute atomic E-state index is 12.5. The minimum Gasteiger partial charge on any atom is -0.480 e. The Morgan fingerprint density at radius 1 is 1.12 bits per heavy atom. The molecule has 0 unspecified atom stereocenters. The summed E-state index contributed by atoms with van der Waals surface area (Å²) < 4.78 is 37.5. The summed E-state index contributed by atoms with van der Waals surface area (Å²) in [6.07, 6.45) is 2.00. The van der Waals surface area contributed by atoms with Crippen molar-refractivity contribution in [3.05, 3.63) is 48.0 Å². The summed E-state index contributed by atoms with van der Waals surface area (Å²) in [6.45, 7) is 3.63. The normalized spacial score (nSPS) is 12.4. The van der Waals surface area contributed by atoms with Crippen LogP contribution in [0.1, 0.15) is 49.7 Å². The van der Waals surface area contributed by atoms with Crippen molar-refractivity contribution >= 4 is 11.9 Å². The molecule has 0 heterocycles. The molecule has 0 spiro atoms. The predicted molar refractivity (Wildman–Crippen MR) is 92.6 cm³/mol. The number of unbranched alkanes of at least 4 members (excludes halogenated alkanes) is 4. The number of halogens is 3. The Hall–Kier alpha value is -2.31. The van der Waals surface area contributed by atoms with Gasteiger partial charge < -0.3 is 10.4 Å². The van der Waals surface area contributed by atoms with Crippen LogP contribution in [0, 0.1) is 0 Å². The van der Waals surface area contributed by atoms with E-state index < -0.39 is 29.7 Å². The third-order valence-corrected chi connectivity index (χ3v) is 3.93. The quantitative estimate of drug-likeness (QED) is 0.449. The molecule has 26 heavy (non-hydrogen) atoms. The van der Waals surface area contributed by atoms with Gasteiger partial charge in [-0.25, -0.2) is 4.79 Å². The van der Waals surface area contributed by atoms with Crippen molar-refractivity contribution in [2.45, 2.75) is 57.2 Å². The molecule has 0 aliphatic rings. The zero-order chi connectivity index (χ0) is 19.6. The lowest BCUT2D eigenvalue weighted by molar-refractivity contribution is -0.142. The second-order valence-electron chi connectivity index (χ2n) is 6.11. The van der Waals surface area contributed by atoms with Gasteiger partial charge in [-0.1, -0.05) is 37.5 Å². The Kier molecular flexibility index (Phi) is 8.88. The van der Waals surface area contributed by atoms with Gasteiger partial charge in [-0.2, -0.15) is 13.2 Å². The molecular weight excluding hydrogens is 347 g/mol. The average molecular weight is 371 g/mol. The van der Waals surface area contributed by atoms with Gasteiger partial charge in [0, 0.05) is 0 Å². The molecule has 0 fully saturated rings. The summed E-state index contributed by atoms with van der Waals surface area (Å²) in [5.41, 5.74) is -0.398. The SMILES string of the molecule is C=CCCCCCC[C@H](NC(=O)Cc1ccc(C(F)(F)F)cc1)C(=O)O. The number of hydrogen-bond acceptors (Lipinski definition) is 2. The number of amides is 1. The van der Waals surface area contributed by atoms with Crippen molar-refractivity contribution in [3.8, 4) is 0 Å². The molecule has 144 valence electrons. The van der Waals surface area contributed by atoms with Crippen molar-refractivity contribution < 1.29 is 27.9 Å². The largest absolute Gasteiger partial charge is 0.480 e. The van der Waals surface area contributed by atoms with Crippen LogP contribution in [0.25, 0.3) is 0 Å². The number of aliphatic carboxylic acids is 1. The first-order chi connectivity index (χ1) is 12.2. The maximum Gasteiger partial charge on any atom is 0.416 e. The van der Waals surface area contributed by atoms with Crippen molar-refractivity contribution in [2.75, 3.05) is 0 Å². The Labute approximate surface area is 151 Å². The van der Waals surface area contributed by atoms with Gasteiger partial charge in [0.1, 0.15) is 6.04 Å². The van der Waals surface area contributed by atoms with E-state index in [0.717, 1.165) is 37.8 Å². The van der Waals surface area contributed by atoms with Gasteiger partial charge in [0.25, 0.3) is 0 Å². The molecule has 0 saturated heterocycles. The van der Waals surface area contributed by atoms with E-state index in [4.69, 9.17) is 0 Å². The molecule has 1 rings (SSSR count). The molecule has 0 aliphatic heterocycles. The predicted octanol–water partition coefficient (Wildman–Crippen LogP) is 4.34. The monoisotopic (exact) mass is 371 g/mol. The molecule has 0 saturated carbocycles. The molecule has 0 bridgehead atoms. The molecule has 7 heteroatoms. The first kappa shape index (κ1) is 21.7. The number of alkyl halides is 3. The highest BCUT2D eigenvalue weighted by Gasteiger charge is 2.30. The van der Waals surface area contributed by atoms with Crippen LogP contribution in [0.15, 0.2) is 36.9 Å².